The van der Waals surface area contributed by atoms with Crippen molar-refractivity contribution in [1.29, 1.82) is 0 Å². The van der Waals surface area contributed by atoms with E-state index >= 15 is 0 Å². The summed E-state index contributed by atoms with van der Waals surface area (Å²) in [5.74, 6) is 0.429. The maximum Gasteiger partial charge on any atom is 0.390 e. The standard InChI is InChI=1S/C15H15F3N2O3S/c1-14(2,7-15(16,17)18)12(21)20-13-19-8-5-9-10(6-11(8)24-13)23-4-3-22-9/h5-6H,3-4,7H2,1-2H3,(H,19,20,21). The molecule has 0 fully saturated rings. The van der Waals surface area contributed by atoms with Gasteiger partial charge in [-0.25, -0.2) is 4.98 Å². The van der Waals surface area contributed by atoms with Crippen LogP contribution in [0.25, 0.3) is 10.2 Å². The van der Waals surface area contributed by atoms with Crippen LogP contribution in [0.2, 0.25) is 0 Å². The van der Waals surface area contributed by atoms with Crippen molar-refractivity contribution < 1.29 is 27.4 Å². The van der Waals surface area contributed by atoms with E-state index in [1.54, 1.807) is 12.1 Å². The van der Waals surface area contributed by atoms with Gasteiger partial charge in [-0.05, 0) is 0 Å². The van der Waals surface area contributed by atoms with Crippen molar-refractivity contribution in [3.8, 4) is 11.5 Å². The van der Waals surface area contributed by atoms with Crippen LogP contribution in [-0.4, -0.2) is 30.3 Å². The third-order valence-corrected chi connectivity index (χ3v) is 4.46. The van der Waals surface area contributed by atoms with Gasteiger partial charge < -0.3 is 14.8 Å². The number of thiazole rings is 1. The van der Waals surface area contributed by atoms with Crippen LogP contribution in [0.15, 0.2) is 12.1 Å². The fourth-order valence-corrected chi connectivity index (χ4v) is 3.24. The van der Waals surface area contributed by atoms with Gasteiger partial charge in [0.15, 0.2) is 16.6 Å². The molecule has 1 amide bonds. The number of ether oxygens (including phenoxy) is 2. The Morgan fingerprint density at radius 1 is 1.25 bits per heavy atom. The number of nitrogens with one attached hydrogen (secondary N) is 1. The normalized spacial score (nSPS) is 14.7. The number of hydrogen-bond donors (Lipinski definition) is 1. The minimum Gasteiger partial charge on any atom is -0.486 e. The van der Waals surface area contributed by atoms with Crippen LogP contribution in [0.5, 0.6) is 11.5 Å². The Labute approximate surface area is 139 Å². The molecule has 130 valence electrons. The third-order valence-electron chi connectivity index (χ3n) is 3.53. The fraction of sp³-hybridized carbons (Fsp3) is 0.467. The molecule has 1 aliphatic heterocycles. The van der Waals surface area contributed by atoms with Crippen LogP contribution in [0.3, 0.4) is 0 Å². The van der Waals surface area contributed by atoms with E-state index in [0.717, 1.165) is 4.70 Å². The number of amides is 1. The van der Waals surface area contributed by atoms with Gasteiger partial charge in [0.05, 0.1) is 22.1 Å². The van der Waals surface area contributed by atoms with Gasteiger partial charge in [-0.2, -0.15) is 13.2 Å². The number of nitrogens with zero attached hydrogens (tertiary/aromatic N) is 1. The average molecular weight is 360 g/mol. The summed E-state index contributed by atoms with van der Waals surface area (Å²) in [6, 6.07) is 3.44. The predicted molar refractivity (Wildman–Crippen MR) is 83.7 cm³/mol. The number of alkyl halides is 3. The molecule has 0 spiro atoms. The molecule has 2 heterocycles. The summed E-state index contributed by atoms with van der Waals surface area (Å²) in [6.07, 6.45) is -5.62. The number of hydrogen-bond acceptors (Lipinski definition) is 5. The number of anilines is 1. The zero-order valence-electron chi connectivity index (χ0n) is 13.0. The molecule has 0 saturated heterocycles. The molecule has 1 aromatic heterocycles. The van der Waals surface area contributed by atoms with Gasteiger partial charge in [0.2, 0.25) is 5.91 Å². The van der Waals surface area contributed by atoms with Gasteiger partial charge in [-0.1, -0.05) is 25.2 Å². The van der Waals surface area contributed by atoms with E-state index in [2.05, 4.69) is 10.3 Å². The lowest BCUT2D eigenvalue weighted by molar-refractivity contribution is -0.162. The van der Waals surface area contributed by atoms with Gasteiger partial charge in [0, 0.05) is 12.1 Å². The Bertz CT molecular complexity index is 743. The molecule has 0 aliphatic carbocycles. The number of fused-ring (bicyclic) bond motifs is 2. The second kappa shape index (κ2) is 5.80. The Morgan fingerprint density at radius 3 is 2.50 bits per heavy atom. The average Bonchev–Trinajstić information content (AvgIpc) is 2.83. The summed E-state index contributed by atoms with van der Waals surface area (Å²) in [6.45, 7) is 3.40. The van der Waals surface area contributed by atoms with Crippen LogP contribution in [0, 0.1) is 5.41 Å². The lowest BCUT2D eigenvalue weighted by atomic mass is 9.88. The van der Waals surface area contributed by atoms with Crippen LogP contribution >= 0.6 is 11.3 Å². The number of carbonyl (C=O) groups is 1. The van der Waals surface area contributed by atoms with Crippen molar-refractivity contribution in [2.75, 3.05) is 18.5 Å². The van der Waals surface area contributed by atoms with Gasteiger partial charge >= 0.3 is 6.18 Å². The van der Waals surface area contributed by atoms with Gasteiger partial charge in [0.25, 0.3) is 0 Å². The first-order valence-electron chi connectivity index (χ1n) is 7.22. The van der Waals surface area contributed by atoms with E-state index in [0.29, 0.717) is 30.2 Å². The first-order valence-corrected chi connectivity index (χ1v) is 8.04. The summed E-state index contributed by atoms with van der Waals surface area (Å²) in [7, 11) is 0. The van der Waals surface area contributed by atoms with Crippen molar-refractivity contribution in [3.05, 3.63) is 12.1 Å². The summed E-state index contributed by atoms with van der Waals surface area (Å²) in [5.41, 5.74) is -0.991. The fourth-order valence-electron chi connectivity index (χ4n) is 2.37. The molecular formula is C15H15F3N2O3S. The molecule has 1 N–H and O–H groups in total. The highest BCUT2D eigenvalue weighted by Crippen LogP contribution is 2.39. The monoisotopic (exact) mass is 360 g/mol. The highest BCUT2D eigenvalue weighted by Gasteiger charge is 2.41. The quantitative estimate of drug-likeness (QED) is 0.899. The number of aromatic nitrogens is 1. The van der Waals surface area contributed by atoms with E-state index in [-0.39, 0.29) is 5.13 Å². The summed E-state index contributed by atoms with van der Waals surface area (Å²) in [4.78, 5) is 16.4. The van der Waals surface area contributed by atoms with Crippen molar-refractivity contribution in [3.63, 3.8) is 0 Å². The van der Waals surface area contributed by atoms with E-state index < -0.39 is 23.9 Å². The maximum atomic E-state index is 12.6. The molecule has 0 saturated carbocycles. The summed E-state index contributed by atoms with van der Waals surface area (Å²) >= 11 is 1.17. The van der Waals surface area contributed by atoms with E-state index in [4.69, 9.17) is 9.47 Å². The van der Waals surface area contributed by atoms with Crippen LogP contribution < -0.4 is 14.8 Å². The molecule has 2 aromatic rings. The van der Waals surface area contributed by atoms with Crippen molar-refractivity contribution in [2.24, 2.45) is 5.41 Å². The molecule has 1 aliphatic rings. The Kier molecular flexibility index (Phi) is 4.06. The van der Waals surface area contributed by atoms with Crippen molar-refractivity contribution in [1.82, 2.24) is 4.98 Å². The number of rotatable bonds is 3. The van der Waals surface area contributed by atoms with Gasteiger partial charge in [-0.15, -0.1) is 0 Å². The maximum absolute atomic E-state index is 12.6. The minimum atomic E-state index is -4.41. The molecule has 9 heteroatoms. The lowest BCUT2D eigenvalue weighted by Gasteiger charge is -2.23. The Hall–Kier alpha value is -2.03. The highest BCUT2D eigenvalue weighted by atomic mass is 32.1. The Balaban J connectivity index is 1.81. The van der Waals surface area contributed by atoms with Crippen molar-refractivity contribution in [2.45, 2.75) is 26.4 Å². The van der Waals surface area contributed by atoms with Gasteiger partial charge in [0.1, 0.15) is 13.2 Å². The predicted octanol–water partition coefficient (Wildman–Crippen LogP) is 3.98. The first kappa shape index (κ1) is 16.8. The van der Waals surface area contributed by atoms with E-state index in [1.807, 2.05) is 0 Å². The van der Waals surface area contributed by atoms with E-state index in [1.165, 1.54) is 25.2 Å². The SMILES string of the molecule is CC(C)(CC(F)(F)F)C(=O)Nc1nc2cc3c(cc2s1)OCCO3. The third kappa shape index (κ3) is 3.55. The second-order valence-electron chi connectivity index (χ2n) is 6.11. The second-order valence-corrected chi connectivity index (χ2v) is 7.14. The molecule has 0 unspecified atom stereocenters. The molecule has 0 radical (unpaired) electrons. The summed E-state index contributed by atoms with van der Waals surface area (Å²) < 4.78 is 49.4. The van der Waals surface area contributed by atoms with E-state index in [9.17, 15) is 18.0 Å². The molecular weight excluding hydrogens is 345 g/mol. The smallest absolute Gasteiger partial charge is 0.390 e. The molecule has 24 heavy (non-hydrogen) atoms. The number of halogens is 3. The molecule has 1 aromatic carbocycles. The topological polar surface area (TPSA) is 60.5 Å². The lowest BCUT2D eigenvalue weighted by Crippen LogP contribution is -2.35. The highest BCUT2D eigenvalue weighted by molar-refractivity contribution is 7.22. The molecule has 3 rings (SSSR count). The Morgan fingerprint density at radius 2 is 1.88 bits per heavy atom. The molecule has 0 bridgehead atoms. The molecule has 0 atom stereocenters. The van der Waals surface area contributed by atoms with Crippen LogP contribution in [-0.2, 0) is 4.79 Å². The first-order chi connectivity index (χ1) is 11.1. The van der Waals surface area contributed by atoms with Crippen LogP contribution in [0.1, 0.15) is 20.3 Å². The summed E-state index contributed by atoms with van der Waals surface area (Å²) in [5, 5.41) is 2.71. The van der Waals surface area contributed by atoms with Crippen molar-refractivity contribution >= 4 is 32.6 Å². The number of benzene rings is 1. The largest absolute Gasteiger partial charge is 0.486 e. The zero-order chi connectivity index (χ0) is 17.5. The zero-order valence-corrected chi connectivity index (χ0v) is 13.8. The minimum absolute atomic E-state index is 0.243. The van der Waals surface area contributed by atoms with Crippen LogP contribution in [0.4, 0.5) is 18.3 Å². The molecule has 5 nitrogen and oxygen atoms in total. The van der Waals surface area contributed by atoms with Gasteiger partial charge in [-0.3, -0.25) is 4.79 Å². The number of carbonyl (C=O) groups excluding carboxylic acids is 1.